The highest BCUT2D eigenvalue weighted by atomic mass is 16.5. The fraction of sp³-hybridized carbons (Fsp3) is 1.00. The molecule has 0 saturated heterocycles. The van der Waals surface area contributed by atoms with Crippen molar-refractivity contribution in [2.45, 2.75) is 224 Å². The summed E-state index contributed by atoms with van der Waals surface area (Å²) in [6.07, 6.45) is 29.2. The SMILES string of the molecule is [2H]CCCCCCCCCCCCCCCCO[C@H]([C@H](O)CO)[C@@](O)(CCCCCCCCCCCCCCCC[2H])[C@H](O)CO. The molecule has 0 aromatic heterocycles. The van der Waals surface area contributed by atoms with E-state index in [0.29, 0.717) is 26.8 Å². The number of hydrogen-bond donors (Lipinski definition) is 5. The summed E-state index contributed by atoms with van der Waals surface area (Å²) in [5.41, 5.74) is -1.82. The first kappa shape index (κ1) is 39.9. The molecule has 6 heteroatoms. The van der Waals surface area contributed by atoms with Crippen molar-refractivity contribution >= 4 is 0 Å². The maximum absolute atomic E-state index is 11.4. The standard InChI is InChI=1S/C38H78O6/c1-3-5-7-9-11-13-15-17-19-21-23-25-27-29-31-38(43,36(42)34-40)37(35(41)33-39)44-32-30-28-26-24-22-20-18-16-14-12-10-8-6-4-2/h35-37,39-43H,3-34H2,1-2H3/t35-,36-,37-,38-/m1/s1/i1D,2D. The molecule has 0 rings (SSSR count). The van der Waals surface area contributed by atoms with Crippen molar-refractivity contribution in [1.29, 1.82) is 0 Å². The Hall–Kier alpha value is -0.240. The van der Waals surface area contributed by atoms with Crippen LogP contribution in [0.3, 0.4) is 0 Å². The van der Waals surface area contributed by atoms with Crippen LogP contribution in [-0.2, 0) is 4.74 Å². The summed E-state index contributed by atoms with van der Waals surface area (Å²) < 4.78 is 20.3. The summed E-state index contributed by atoms with van der Waals surface area (Å²) in [4.78, 5) is 0. The highest BCUT2D eigenvalue weighted by Crippen LogP contribution is 2.29. The number of ether oxygens (including phenoxy) is 1. The minimum absolute atomic E-state index is 0.199. The van der Waals surface area contributed by atoms with Gasteiger partial charge in [0.1, 0.15) is 23.9 Å². The Kier molecular flexibility index (Phi) is 29.7. The molecule has 6 nitrogen and oxygen atoms in total. The molecule has 0 aliphatic heterocycles. The van der Waals surface area contributed by atoms with Crippen molar-refractivity contribution in [1.82, 2.24) is 0 Å². The van der Waals surface area contributed by atoms with E-state index in [1.54, 1.807) is 0 Å². The first-order chi connectivity index (χ1) is 22.5. The molecule has 266 valence electrons. The van der Waals surface area contributed by atoms with Gasteiger partial charge in [0.05, 0.1) is 13.2 Å². The Labute approximate surface area is 276 Å². The fourth-order valence-corrected chi connectivity index (χ4v) is 6.30. The minimum atomic E-state index is -1.82. The zero-order valence-electron chi connectivity index (χ0n) is 30.9. The third kappa shape index (κ3) is 24.0. The van der Waals surface area contributed by atoms with Crippen LogP contribution in [0.25, 0.3) is 0 Å². The summed E-state index contributed by atoms with van der Waals surface area (Å²) in [6.45, 7) is 0.242. The van der Waals surface area contributed by atoms with E-state index in [4.69, 9.17) is 7.48 Å². The monoisotopic (exact) mass is 633 g/mol. The van der Waals surface area contributed by atoms with Gasteiger partial charge >= 0.3 is 0 Å². The van der Waals surface area contributed by atoms with Gasteiger partial charge in [-0.3, -0.25) is 0 Å². The lowest BCUT2D eigenvalue weighted by molar-refractivity contribution is -0.211. The first-order valence-corrected chi connectivity index (χ1v) is 19.0. The van der Waals surface area contributed by atoms with E-state index >= 15 is 0 Å². The molecule has 0 amide bonds. The maximum atomic E-state index is 11.4. The molecule has 44 heavy (non-hydrogen) atoms. The molecule has 0 aromatic carbocycles. The average Bonchev–Trinajstić information content (AvgIpc) is 3.07. The summed E-state index contributed by atoms with van der Waals surface area (Å²) >= 11 is 0. The Balaban J connectivity index is 4.12. The van der Waals surface area contributed by atoms with Gasteiger partial charge in [-0.25, -0.2) is 0 Å². The Morgan fingerprint density at radius 2 is 0.841 bits per heavy atom. The quantitative estimate of drug-likeness (QED) is 0.0441. The summed E-state index contributed by atoms with van der Waals surface area (Å²) in [6, 6.07) is 0. The topological polar surface area (TPSA) is 110 Å². The van der Waals surface area contributed by atoms with E-state index in [2.05, 4.69) is 0 Å². The van der Waals surface area contributed by atoms with Gasteiger partial charge in [0, 0.05) is 9.35 Å². The van der Waals surface area contributed by atoms with Gasteiger partial charge in [0.25, 0.3) is 0 Å². The van der Waals surface area contributed by atoms with Crippen LogP contribution in [0.5, 0.6) is 0 Å². The van der Waals surface area contributed by atoms with Crippen LogP contribution in [0.2, 0.25) is 0 Å². The average molecular weight is 633 g/mol. The highest BCUT2D eigenvalue weighted by Gasteiger charge is 2.46. The second-order valence-corrected chi connectivity index (χ2v) is 13.4. The van der Waals surface area contributed by atoms with Crippen LogP contribution in [0.4, 0.5) is 0 Å². The minimum Gasteiger partial charge on any atom is -0.394 e. The molecule has 4 atom stereocenters. The van der Waals surface area contributed by atoms with Crippen molar-refractivity contribution < 1.29 is 33.0 Å². The van der Waals surface area contributed by atoms with Gasteiger partial charge in [0.15, 0.2) is 0 Å². The molecule has 0 unspecified atom stereocenters. The Bertz CT molecular complexity index is 602. The fourth-order valence-electron chi connectivity index (χ4n) is 6.30. The van der Waals surface area contributed by atoms with Crippen molar-refractivity contribution in [3.63, 3.8) is 0 Å². The maximum Gasteiger partial charge on any atom is 0.121 e. The molecule has 5 N–H and O–H groups in total. The summed E-state index contributed by atoms with van der Waals surface area (Å²) in [7, 11) is 0. The van der Waals surface area contributed by atoms with Crippen LogP contribution >= 0.6 is 0 Å². The molecular weight excluding hydrogens is 552 g/mol. The molecule has 0 radical (unpaired) electrons. The predicted octanol–water partition coefficient (Wildman–Crippen LogP) is 9.16. The number of unbranched alkanes of at least 4 members (excludes halogenated alkanes) is 26. The lowest BCUT2D eigenvalue weighted by Gasteiger charge is -2.41. The van der Waals surface area contributed by atoms with Crippen LogP contribution in [0.15, 0.2) is 0 Å². The van der Waals surface area contributed by atoms with Crippen LogP contribution in [0.1, 0.15) is 203 Å². The molecule has 0 bridgehead atoms. The van der Waals surface area contributed by atoms with E-state index in [1.165, 1.54) is 122 Å². The first-order valence-electron chi connectivity index (χ1n) is 20.4. The Morgan fingerprint density at radius 3 is 1.18 bits per heavy atom. The number of rotatable bonds is 36. The smallest absolute Gasteiger partial charge is 0.121 e. The van der Waals surface area contributed by atoms with Crippen molar-refractivity contribution in [3.8, 4) is 0 Å². The van der Waals surface area contributed by atoms with E-state index < -0.39 is 37.1 Å². The van der Waals surface area contributed by atoms with Gasteiger partial charge in [-0.15, -0.1) is 0 Å². The van der Waals surface area contributed by atoms with Crippen LogP contribution in [-0.4, -0.2) is 69.3 Å². The van der Waals surface area contributed by atoms with Gasteiger partial charge in [-0.05, 0) is 12.8 Å². The summed E-state index contributed by atoms with van der Waals surface area (Å²) in [5.74, 6) is 0. The van der Waals surface area contributed by atoms with E-state index in [-0.39, 0.29) is 6.42 Å². The number of hydrogen-bond acceptors (Lipinski definition) is 6. The van der Waals surface area contributed by atoms with Crippen molar-refractivity contribution in [2.75, 3.05) is 19.8 Å². The molecule has 0 saturated carbocycles. The van der Waals surface area contributed by atoms with E-state index in [9.17, 15) is 25.5 Å². The molecule has 0 aromatic rings. The van der Waals surface area contributed by atoms with Crippen LogP contribution < -0.4 is 0 Å². The van der Waals surface area contributed by atoms with Crippen LogP contribution in [0, 0.1) is 0 Å². The molecule has 0 fully saturated rings. The highest BCUT2D eigenvalue weighted by molar-refractivity contribution is 4.97. The van der Waals surface area contributed by atoms with Gasteiger partial charge in [-0.1, -0.05) is 187 Å². The zero-order chi connectivity index (χ0) is 34.0. The largest absolute Gasteiger partial charge is 0.394 e. The zero-order valence-corrected chi connectivity index (χ0v) is 28.9. The normalized spacial score (nSPS) is 15.9. The predicted molar refractivity (Wildman–Crippen MR) is 186 cm³/mol. The van der Waals surface area contributed by atoms with Gasteiger partial charge in [0.2, 0.25) is 0 Å². The molecular formula is C38H78O6. The Morgan fingerprint density at radius 1 is 0.500 bits per heavy atom. The lowest BCUT2D eigenvalue weighted by atomic mass is 9.82. The second-order valence-electron chi connectivity index (χ2n) is 13.4. The molecule has 0 aliphatic carbocycles. The van der Waals surface area contributed by atoms with Gasteiger partial charge < -0.3 is 30.3 Å². The third-order valence-electron chi connectivity index (χ3n) is 9.30. The molecule has 0 heterocycles. The number of aliphatic hydroxyl groups is 5. The van der Waals surface area contributed by atoms with Crippen molar-refractivity contribution in [3.05, 3.63) is 0 Å². The van der Waals surface area contributed by atoms with Gasteiger partial charge in [-0.2, -0.15) is 0 Å². The van der Waals surface area contributed by atoms with E-state index in [1.807, 2.05) is 0 Å². The lowest BCUT2D eigenvalue weighted by Crippen LogP contribution is -2.59. The molecule has 0 spiro atoms. The summed E-state index contributed by atoms with van der Waals surface area (Å²) in [5, 5.41) is 51.9. The van der Waals surface area contributed by atoms with E-state index in [0.717, 1.165) is 51.4 Å². The second kappa shape index (κ2) is 32.7. The van der Waals surface area contributed by atoms with Crippen molar-refractivity contribution in [2.24, 2.45) is 0 Å². The third-order valence-corrected chi connectivity index (χ3v) is 9.30. The number of aliphatic hydroxyl groups excluding tert-OH is 4. The molecule has 0 aliphatic rings.